The minimum atomic E-state index is -0.668. The van der Waals surface area contributed by atoms with Crippen molar-refractivity contribution in [1.82, 2.24) is 4.90 Å². The molecule has 0 saturated carbocycles. The maximum Gasteiger partial charge on any atom is 0.309 e. The Kier molecular flexibility index (Phi) is 6.02. The van der Waals surface area contributed by atoms with E-state index in [0.29, 0.717) is 19.0 Å². The Balaban J connectivity index is 1.57. The molecule has 1 aromatic rings. The Labute approximate surface area is 156 Å². The highest BCUT2D eigenvalue weighted by atomic mass is 16.5. The SMILES string of the molecule is CC(C)CCCOc1ccc2c(c1)C[C@H](C)C(CN1CC(C(=O)O)C1)=C2. The molecule has 0 bridgehead atoms. The zero-order chi connectivity index (χ0) is 18.7. The summed E-state index contributed by atoms with van der Waals surface area (Å²) in [6.45, 7) is 9.77. The van der Waals surface area contributed by atoms with E-state index in [2.05, 4.69) is 49.9 Å². The minimum absolute atomic E-state index is 0.183. The molecule has 0 spiro atoms. The summed E-state index contributed by atoms with van der Waals surface area (Å²) in [5.74, 6) is 1.34. The van der Waals surface area contributed by atoms with Crippen molar-refractivity contribution >= 4 is 12.0 Å². The molecule has 1 aromatic carbocycles. The number of hydrogen-bond acceptors (Lipinski definition) is 3. The predicted molar refractivity (Wildman–Crippen MR) is 104 cm³/mol. The molecular weight excluding hydrogens is 326 g/mol. The van der Waals surface area contributed by atoms with Gasteiger partial charge in [-0.3, -0.25) is 9.69 Å². The number of ether oxygens (including phenoxy) is 1. The Bertz CT molecular complexity index is 674. The quantitative estimate of drug-likeness (QED) is 0.712. The topological polar surface area (TPSA) is 49.8 Å². The minimum Gasteiger partial charge on any atom is -0.494 e. The van der Waals surface area contributed by atoms with Crippen molar-refractivity contribution in [2.75, 3.05) is 26.2 Å². The van der Waals surface area contributed by atoms with Gasteiger partial charge in [-0.1, -0.05) is 38.5 Å². The molecule has 2 aliphatic rings. The van der Waals surface area contributed by atoms with Gasteiger partial charge in [0.25, 0.3) is 0 Å². The fraction of sp³-hybridized carbons (Fsp3) is 0.591. The van der Waals surface area contributed by atoms with Gasteiger partial charge in [-0.25, -0.2) is 0 Å². The van der Waals surface area contributed by atoms with Gasteiger partial charge >= 0.3 is 5.97 Å². The van der Waals surface area contributed by atoms with Gasteiger partial charge in [0.2, 0.25) is 0 Å². The normalized spacial score (nSPS) is 20.5. The number of aliphatic carboxylic acids is 1. The van der Waals surface area contributed by atoms with Crippen LogP contribution in [-0.4, -0.2) is 42.2 Å². The molecule has 26 heavy (non-hydrogen) atoms. The average Bonchev–Trinajstić information content (AvgIpc) is 2.54. The van der Waals surface area contributed by atoms with E-state index in [1.807, 2.05) is 0 Å². The van der Waals surface area contributed by atoms with Crippen LogP contribution in [0.2, 0.25) is 0 Å². The molecule has 1 N–H and O–H groups in total. The molecule has 142 valence electrons. The molecule has 0 radical (unpaired) electrons. The summed E-state index contributed by atoms with van der Waals surface area (Å²) in [7, 11) is 0. The predicted octanol–water partition coefficient (Wildman–Crippen LogP) is 4.09. The van der Waals surface area contributed by atoms with E-state index in [0.717, 1.165) is 37.7 Å². The first kappa shape index (κ1) is 19.0. The van der Waals surface area contributed by atoms with Crippen molar-refractivity contribution in [3.8, 4) is 5.75 Å². The number of carbonyl (C=O) groups is 1. The summed E-state index contributed by atoms with van der Waals surface area (Å²) in [6.07, 6.45) is 5.62. The molecule has 4 heteroatoms. The Morgan fingerprint density at radius 3 is 2.81 bits per heavy atom. The van der Waals surface area contributed by atoms with Crippen LogP contribution in [0.15, 0.2) is 23.8 Å². The van der Waals surface area contributed by atoms with Gasteiger partial charge < -0.3 is 9.84 Å². The molecule has 1 atom stereocenters. The van der Waals surface area contributed by atoms with E-state index in [1.165, 1.54) is 23.1 Å². The Morgan fingerprint density at radius 2 is 2.12 bits per heavy atom. The highest BCUT2D eigenvalue weighted by Gasteiger charge is 2.33. The second-order valence-electron chi connectivity index (χ2n) is 8.30. The van der Waals surface area contributed by atoms with E-state index in [9.17, 15) is 4.79 Å². The smallest absolute Gasteiger partial charge is 0.309 e. The van der Waals surface area contributed by atoms with Crippen molar-refractivity contribution in [3.05, 3.63) is 34.9 Å². The molecular formula is C22H31NO3. The number of benzene rings is 1. The zero-order valence-electron chi connectivity index (χ0n) is 16.2. The lowest BCUT2D eigenvalue weighted by Crippen LogP contribution is -2.51. The maximum atomic E-state index is 11.0. The van der Waals surface area contributed by atoms with E-state index in [1.54, 1.807) is 0 Å². The van der Waals surface area contributed by atoms with Crippen molar-refractivity contribution in [3.63, 3.8) is 0 Å². The van der Waals surface area contributed by atoms with Gasteiger partial charge in [-0.2, -0.15) is 0 Å². The van der Waals surface area contributed by atoms with Crippen LogP contribution >= 0.6 is 0 Å². The fourth-order valence-electron chi connectivity index (χ4n) is 3.79. The third kappa shape index (κ3) is 4.67. The molecule has 0 amide bonds. The van der Waals surface area contributed by atoms with Crippen molar-refractivity contribution in [1.29, 1.82) is 0 Å². The van der Waals surface area contributed by atoms with E-state index in [4.69, 9.17) is 9.84 Å². The molecule has 1 aliphatic heterocycles. The number of rotatable bonds is 8. The van der Waals surface area contributed by atoms with Crippen molar-refractivity contribution in [2.45, 2.75) is 40.0 Å². The lowest BCUT2D eigenvalue weighted by Gasteiger charge is -2.38. The van der Waals surface area contributed by atoms with Crippen LogP contribution in [0.1, 0.15) is 44.7 Å². The van der Waals surface area contributed by atoms with Gasteiger partial charge in [-0.15, -0.1) is 0 Å². The van der Waals surface area contributed by atoms with Crippen LogP contribution in [0.4, 0.5) is 0 Å². The summed E-state index contributed by atoms with van der Waals surface area (Å²) in [6, 6.07) is 6.43. The van der Waals surface area contributed by atoms with Gasteiger partial charge in [0.05, 0.1) is 12.5 Å². The standard InChI is InChI=1S/C22H31NO3/c1-15(2)5-4-8-26-21-7-6-17-10-19(16(3)9-18(17)11-21)12-23-13-20(14-23)22(24)25/h6-7,10-11,15-16,20H,4-5,8-9,12-14H2,1-3H3,(H,24,25)/t16-/m0/s1. The second kappa shape index (κ2) is 8.26. The average molecular weight is 357 g/mol. The zero-order valence-corrected chi connectivity index (χ0v) is 16.2. The van der Waals surface area contributed by atoms with Crippen molar-refractivity contribution < 1.29 is 14.6 Å². The van der Waals surface area contributed by atoms with Crippen LogP contribution in [0, 0.1) is 17.8 Å². The Hall–Kier alpha value is -1.81. The molecule has 3 rings (SSSR count). The fourth-order valence-corrected chi connectivity index (χ4v) is 3.79. The highest BCUT2D eigenvalue weighted by Crippen LogP contribution is 2.32. The van der Waals surface area contributed by atoms with Crippen molar-refractivity contribution in [2.24, 2.45) is 17.8 Å². The summed E-state index contributed by atoms with van der Waals surface area (Å²) in [4.78, 5) is 13.2. The molecule has 1 fully saturated rings. The van der Waals surface area contributed by atoms with E-state index in [-0.39, 0.29) is 5.92 Å². The first-order valence-corrected chi connectivity index (χ1v) is 9.83. The molecule has 1 heterocycles. The lowest BCUT2D eigenvalue weighted by molar-refractivity contribution is -0.147. The first-order chi connectivity index (χ1) is 12.4. The van der Waals surface area contributed by atoms with Crippen LogP contribution in [0.5, 0.6) is 5.75 Å². The third-order valence-electron chi connectivity index (χ3n) is 5.52. The van der Waals surface area contributed by atoms with Crippen LogP contribution < -0.4 is 4.74 Å². The number of carboxylic acid groups (broad SMARTS) is 1. The van der Waals surface area contributed by atoms with Crippen LogP contribution in [0.3, 0.4) is 0 Å². The number of likely N-dealkylation sites (tertiary alicyclic amines) is 1. The summed E-state index contributed by atoms with van der Waals surface area (Å²) < 4.78 is 5.93. The van der Waals surface area contributed by atoms with E-state index < -0.39 is 5.97 Å². The Morgan fingerprint density at radius 1 is 1.35 bits per heavy atom. The maximum absolute atomic E-state index is 11.0. The van der Waals surface area contributed by atoms with Gasteiger partial charge in [0, 0.05) is 19.6 Å². The largest absolute Gasteiger partial charge is 0.494 e. The monoisotopic (exact) mass is 357 g/mol. The molecule has 1 saturated heterocycles. The van der Waals surface area contributed by atoms with Gasteiger partial charge in [0.1, 0.15) is 5.75 Å². The lowest BCUT2D eigenvalue weighted by atomic mass is 9.83. The van der Waals surface area contributed by atoms with Crippen LogP contribution in [0.25, 0.3) is 6.08 Å². The number of carboxylic acids is 1. The number of hydrogen-bond donors (Lipinski definition) is 1. The first-order valence-electron chi connectivity index (χ1n) is 9.83. The van der Waals surface area contributed by atoms with Gasteiger partial charge in [-0.05, 0) is 54.4 Å². The highest BCUT2D eigenvalue weighted by molar-refractivity contribution is 5.71. The van der Waals surface area contributed by atoms with Gasteiger partial charge in [0.15, 0.2) is 0 Å². The molecule has 0 unspecified atom stereocenters. The molecule has 0 aromatic heterocycles. The summed E-state index contributed by atoms with van der Waals surface area (Å²) in [5.41, 5.74) is 4.05. The summed E-state index contributed by atoms with van der Waals surface area (Å²) >= 11 is 0. The summed E-state index contributed by atoms with van der Waals surface area (Å²) in [5, 5.41) is 9.02. The molecule has 4 nitrogen and oxygen atoms in total. The van der Waals surface area contributed by atoms with E-state index >= 15 is 0 Å². The van der Waals surface area contributed by atoms with Crippen LogP contribution in [-0.2, 0) is 11.2 Å². The molecule has 1 aliphatic carbocycles. The third-order valence-corrected chi connectivity index (χ3v) is 5.52. The number of fused-ring (bicyclic) bond motifs is 1. The second-order valence-corrected chi connectivity index (χ2v) is 8.30. The number of nitrogens with zero attached hydrogens (tertiary/aromatic N) is 1.